The zero-order valence-corrected chi connectivity index (χ0v) is 14.0. The van der Waals surface area contributed by atoms with Crippen LogP contribution in [0.25, 0.3) is 10.9 Å². The highest BCUT2D eigenvalue weighted by atomic mass is 16.5. The van der Waals surface area contributed by atoms with Gasteiger partial charge in [-0.05, 0) is 57.2 Å². The number of anilines is 1. The fourth-order valence-corrected chi connectivity index (χ4v) is 2.47. The molecule has 3 rings (SSSR count). The number of carbonyl (C=O) groups is 1. The summed E-state index contributed by atoms with van der Waals surface area (Å²) in [5.41, 5.74) is 1.53. The molecular weight excluding hydrogens is 300 g/mol. The molecule has 0 saturated carbocycles. The summed E-state index contributed by atoms with van der Waals surface area (Å²) in [6.45, 7) is 5.45. The normalized spacial score (nSPS) is 11.3. The minimum absolute atomic E-state index is 0.209. The number of nitrogens with one attached hydrogen (secondary N) is 1. The predicted molar refractivity (Wildman–Crippen MR) is 96.3 cm³/mol. The number of fused-ring (bicyclic) bond motifs is 1. The number of carbonyl (C=O) groups excluding carboxylic acids is 1. The van der Waals surface area contributed by atoms with E-state index < -0.39 is 5.60 Å². The van der Waals surface area contributed by atoms with Gasteiger partial charge >= 0.3 is 0 Å². The largest absolute Gasteiger partial charge is 0.478 e. The van der Waals surface area contributed by atoms with Gasteiger partial charge < -0.3 is 10.1 Å². The van der Waals surface area contributed by atoms with E-state index in [4.69, 9.17) is 4.74 Å². The van der Waals surface area contributed by atoms with Gasteiger partial charge in [0.2, 0.25) is 0 Å². The number of aryl methyl sites for hydroxylation is 1. The molecule has 0 atom stereocenters. The molecule has 0 unspecified atom stereocenters. The highest BCUT2D eigenvalue weighted by Crippen LogP contribution is 2.25. The lowest BCUT2D eigenvalue weighted by molar-refractivity contribution is -0.128. The third kappa shape index (κ3) is 3.38. The molecule has 1 N–H and O–H groups in total. The molecule has 0 radical (unpaired) electrons. The van der Waals surface area contributed by atoms with Crippen molar-refractivity contribution in [2.24, 2.45) is 0 Å². The Morgan fingerprint density at radius 1 is 1.00 bits per heavy atom. The molecule has 24 heavy (non-hydrogen) atoms. The molecule has 1 amide bonds. The maximum absolute atomic E-state index is 12.7. The summed E-state index contributed by atoms with van der Waals surface area (Å²) in [4.78, 5) is 17.2. The number of aromatic nitrogens is 1. The van der Waals surface area contributed by atoms with E-state index in [9.17, 15) is 4.79 Å². The van der Waals surface area contributed by atoms with Crippen LogP contribution >= 0.6 is 0 Å². The van der Waals surface area contributed by atoms with Crippen LogP contribution in [0.3, 0.4) is 0 Å². The van der Waals surface area contributed by atoms with Crippen LogP contribution in [0.15, 0.2) is 60.7 Å². The van der Waals surface area contributed by atoms with Gasteiger partial charge in [0.05, 0.1) is 11.2 Å². The van der Waals surface area contributed by atoms with Gasteiger partial charge in [0.15, 0.2) is 5.60 Å². The standard InChI is InChI=1S/C20H20N2O2/c1-14-12-13-16-17(21-14)10-7-11-18(16)22-19(23)20(2,3)24-15-8-5-4-6-9-15/h4-13H,1-3H3,(H,22,23). The van der Waals surface area contributed by atoms with E-state index in [2.05, 4.69) is 10.3 Å². The van der Waals surface area contributed by atoms with Gasteiger partial charge in [-0.15, -0.1) is 0 Å². The van der Waals surface area contributed by atoms with E-state index in [1.54, 1.807) is 13.8 Å². The molecule has 122 valence electrons. The van der Waals surface area contributed by atoms with E-state index in [1.807, 2.05) is 67.6 Å². The minimum atomic E-state index is -0.998. The van der Waals surface area contributed by atoms with Crippen LogP contribution in [-0.4, -0.2) is 16.5 Å². The van der Waals surface area contributed by atoms with Crippen LogP contribution < -0.4 is 10.1 Å². The molecule has 1 aromatic heterocycles. The van der Waals surface area contributed by atoms with Crippen LogP contribution in [0.1, 0.15) is 19.5 Å². The fourth-order valence-electron chi connectivity index (χ4n) is 2.47. The molecule has 0 aliphatic carbocycles. The summed E-state index contributed by atoms with van der Waals surface area (Å²) >= 11 is 0. The van der Waals surface area contributed by atoms with Gasteiger partial charge in [-0.25, -0.2) is 0 Å². The number of rotatable bonds is 4. The van der Waals surface area contributed by atoms with Gasteiger partial charge in [-0.1, -0.05) is 24.3 Å². The molecule has 0 aliphatic heterocycles. The first-order chi connectivity index (χ1) is 11.5. The van der Waals surface area contributed by atoms with Crippen molar-refractivity contribution in [3.05, 3.63) is 66.4 Å². The van der Waals surface area contributed by atoms with Crippen LogP contribution in [0.4, 0.5) is 5.69 Å². The zero-order chi connectivity index (χ0) is 17.2. The Kier molecular flexibility index (Phi) is 4.21. The van der Waals surface area contributed by atoms with Crippen LogP contribution in [-0.2, 0) is 4.79 Å². The first-order valence-corrected chi connectivity index (χ1v) is 7.87. The molecule has 0 bridgehead atoms. The Balaban J connectivity index is 1.84. The van der Waals surface area contributed by atoms with Crippen molar-refractivity contribution in [3.63, 3.8) is 0 Å². The van der Waals surface area contributed by atoms with E-state index in [-0.39, 0.29) is 5.91 Å². The fraction of sp³-hybridized carbons (Fsp3) is 0.200. The van der Waals surface area contributed by atoms with E-state index in [0.717, 1.165) is 22.3 Å². The zero-order valence-electron chi connectivity index (χ0n) is 14.0. The number of benzene rings is 2. The van der Waals surface area contributed by atoms with Crippen molar-refractivity contribution in [1.82, 2.24) is 4.98 Å². The Bertz CT molecular complexity index is 873. The molecule has 1 heterocycles. The Morgan fingerprint density at radius 3 is 2.50 bits per heavy atom. The number of amides is 1. The SMILES string of the molecule is Cc1ccc2c(NC(=O)C(C)(C)Oc3ccccc3)cccc2n1. The Hall–Kier alpha value is -2.88. The molecule has 0 spiro atoms. The van der Waals surface area contributed by atoms with Gasteiger partial charge in [-0.3, -0.25) is 9.78 Å². The lowest BCUT2D eigenvalue weighted by Crippen LogP contribution is -2.42. The average molecular weight is 320 g/mol. The number of hydrogen-bond acceptors (Lipinski definition) is 3. The predicted octanol–water partition coefficient (Wildman–Crippen LogP) is 4.34. The number of para-hydroxylation sites is 1. The van der Waals surface area contributed by atoms with E-state index in [0.29, 0.717) is 5.75 Å². The summed E-state index contributed by atoms with van der Waals surface area (Å²) in [7, 11) is 0. The van der Waals surface area contributed by atoms with Crippen molar-refractivity contribution in [2.75, 3.05) is 5.32 Å². The highest BCUT2D eigenvalue weighted by molar-refractivity contribution is 6.04. The molecule has 3 aromatic rings. The molecule has 4 nitrogen and oxygen atoms in total. The van der Waals surface area contributed by atoms with Gasteiger partial charge in [0.1, 0.15) is 5.75 Å². The summed E-state index contributed by atoms with van der Waals surface area (Å²) < 4.78 is 5.84. The van der Waals surface area contributed by atoms with Crippen molar-refractivity contribution in [1.29, 1.82) is 0 Å². The Morgan fingerprint density at radius 2 is 1.75 bits per heavy atom. The van der Waals surface area contributed by atoms with Gasteiger partial charge in [0.25, 0.3) is 5.91 Å². The monoisotopic (exact) mass is 320 g/mol. The minimum Gasteiger partial charge on any atom is -0.478 e. The second kappa shape index (κ2) is 6.32. The smallest absolute Gasteiger partial charge is 0.267 e. The van der Waals surface area contributed by atoms with Gasteiger partial charge in [-0.2, -0.15) is 0 Å². The Labute approximate surface area is 141 Å². The third-order valence-electron chi connectivity index (χ3n) is 3.78. The van der Waals surface area contributed by atoms with Crippen LogP contribution in [0.2, 0.25) is 0 Å². The lowest BCUT2D eigenvalue weighted by Gasteiger charge is -2.25. The first-order valence-electron chi connectivity index (χ1n) is 7.87. The molecule has 2 aromatic carbocycles. The van der Waals surface area contributed by atoms with Crippen LogP contribution in [0.5, 0.6) is 5.75 Å². The van der Waals surface area contributed by atoms with Crippen LogP contribution in [0, 0.1) is 6.92 Å². The second-order valence-electron chi connectivity index (χ2n) is 6.20. The maximum Gasteiger partial charge on any atom is 0.267 e. The molecule has 0 fully saturated rings. The number of pyridine rings is 1. The quantitative estimate of drug-likeness (QED) is 0.778. The third-order valence-corrected chi connectivity index (χ3v) is 3.78. The summed E-state index contributed by atoms with van der Waals surface area (Å²) in [5, 5.41) is 3.87. The number of nitrogens with zero attached hydrogens (tertiary/aromatic N) is 1. The summed E-state index contributed by atoms with van der Waals surface area (Å²) in [6.07, 6.45) is 0. The van der Waals surface area contributed by atoms with E-state index in [1.165, 1.54) is 0 Å². The lowest BCUT2D eigenvalue weighted by atomic mass is 10.1. The second-order valence-corrected chi connectivity index (χ2v) is 6.20. The maximum atomic E-state index is 12.7. The van der Waals surface area contributed by atoms with Crippen molar-refractivity contribution >= 4 is 22.5 Å². The van der Waals surface area contributed by atoms with Crippen molar-refractivity contribution in [3.8, 4) is 5.75 Å². The van der Waals surface area contributed by atoms with Gasteiger partial charge in [0, 0.05) is 11.1 Å². The summed E-state index contributed by atoms with van der Waals surface area (Å²) in [6, 6.07) is 18.9. The summed E-state index contributed by atoms with van der Waals surface area (Å²) in [5.74, 6) is 0.451. The molecule has 0 aliphatic rings. The van der Waals surface area contributed by atoms with Crippen molar-refractivity contribution in [2.45, 2.75) is 26.4 Å². The first kappa shape index (κ1) is 16.0. The van der Waals surface area contributed by atoms with E-state index >= 15 is 0 Å². The molecule has 0 saturated heterocycles. The van der Waals surface area contributed by atoms with Crippen molar-refractivity contribution < 1.29 is 9.53 Å². The topological polar surface area (TPSA) is 51.2 Å². The molecule has 4 heteroatoms. The molecular formula is C20H20N2O2. The number of ether oxygens (including phenoxy) is 1. The number of hydrogen-bond donors (Lipinski definition) is 1. The highest BCUT2D eigenvalue weighted by Gasteiger charge is 2.30. The average Bonchev–Trinajstić information content (AvgIpc) is 2.55.